The second-order valence-corrected chi connectivity index (χ2v) is 4.28. The molecule has 0 aliphatic rings. The molecule has 0 bridgehead atoms. The first-order chi connectivity index (χ1) is 9.72. The fourth-order valence-electron chi connectivity index (χ4n) is 1.81. The summed E-state index contributed by atoms with van der Waals surface area (Å²) in [6, 6.07) is 5.60. The van der Waals surface area contributed by atoms with Crippen molar-refractivity contribution in [2.45, 2.75) is 6.42 Å². The maximum Gasteiger partial charge on any atom is 0.173 e. The van der Waals surface area contributed by atoms with Gasteiger partial charge in [-0.2, -0.15) is 5.10 Å². The van der Waals surface area contributed by atoms with Gasteiger partial charge in [-0.25, -0.2) is 0 Å². The molecule has 2 heterocycles. The van der Waals surface area contributed by atoms with Gasteiger partial charge in [0.2, 0.25) is 0 Å². The van der Waals surface area contributed by atoms with Gasteiger partial charge in [-0.3, -0.25) is 4.98 Å². The molecule has 0 amide bonds. The van der Waals surface area contributed by atoms with Crippen molar-refractivity contribution in [2.75, 3.05) is 18.5 Å². The van der Waals surface area contributed by atoms with Crippen LogP contribution in [0.1, 0.15) is 11.1 Å². The number of hydrogen-bond donors (Lipinski definition) is 2. The second kappa shape index (κ2) is 6.46. The van der Waals surface area contributed by atoms with E-state index in [2.05, 4.69) is 20.3 Å². The third-order valence-electron chi connectivity index (χ3n) is 2.93. The molecule has 20 heavy (non-hydrogen) atoms. The Balaban J connectivity index is 2.11. The van der Waals surface area contributed by atoms with Crippen LogP contribution in [0.25, 0.3) is 0 Å². The van der Waals surface area contributed by atoms with E-state index >= 15 is 0 Å². The highest BCUT2D eigenvalue weighted by atomic mass is 16.4. The lowest BCUT2D eigenvalue weighted by molar-refractivity contribution is 0.318. The van der Waals surface area contributed by atoms with Crippen LogP contribution < -0.4 is 10.6 Å². The van der Waals surface area contributed by atoms with E-state index in [9.17, 15) is 0 Å². The largest absolute Gasteiger partial charge is 0.409 e. The van der Waals surface area contributed by atoms with Crippen molar-refractivity contribution in [1.29, 1.82) is 0 Å². The minimum atomic E-state index is 0.0191. The molecule has 2 rings (SSSR count). The molecule has 0 aromatic carbocycles. The molecule has 2 aromatic rings. The highest BCUT2D eigenvalue weighted by molar-refractivity contribution is 6.01. The van der Waals surface area contributed by atoms with Gasteiger partial charge in [-0.05, 0) is 30.2 Å². The molecule has 0 aliphatic heterocycles. The first kappa shape index (κ1) is 13.7. The predicted octanol–water partition coefficient (Wildman–Crippen LogP) is 0.645. The van der Waals surface area contributed by atoms with Crippen LogP contribution in [0.2, 0.25) is 0 Å². The summed E-state index contributed by atoms with van der Waals surface area (Å²) in [5, 5.41) is 19.7. The topological polar surface area (TPSA) is 101 Å². The Kier molecular flexibility index (Phi) is 4.43. The molecule has 104 valence electrons. The normalized spacial score (nSPS) is 11.3. The van der Waals surface area contributed by atoms with Crippen LogP contribution in [0.4, 0.5) is 5.82 Å². The zero-order chi connectivity index (χ0) is 14.4. The van der Waals surface area contributed by atoms with E-state index in [0.29, 0.717) is 11.4 Å². The molecule has 7 nitrogen and oxygen atoms in total. The smallest absolute Gasteiger partial charge is 0.173 e. The number of oxime groups is 1. The van der Waals surface area contributed by atoms with E-state index < -0.39 is 0 Å². The molecule has 0 saturated carbocycles. The molecule has 0 unspecified atom stereocenters. The summed E-state index contributed by atoms with van der Waals surface area (Å²) in [4.78, 5) is 5.90. The van der Waals surface area contributed by atoms with E-state index in [1.165, 1.54) is 11.8 Å². The maximum absolute atomic E-state index is 8.79. The molecular formula is C13H16N6O. The first-order valence-electron chi connectivity index (χ1n) is 6.12. The van der Waals surface area contributed by atoms with Crippen LogP contribution in [-0.4, -0.2) is 39.8 Å². The fraction of sp³-hybridized carbons (Fsp3) is 0.231. The van der Waals surface area contributed by atoms with Crippen LogP contribution in [0.5, 0.6) is 0 Å². The second-order valence-electron chi connectivity index (χ2n) is 4.28. The molecule has 3 N–H and O–H groups in total. The molecule has 0 aliphatic carbocycles. The lowest BCUT2D eigenvalue weighted by Gasteiger charge is -2.19. The fourth-order valence-corrected chi connectivity index (χ4v) is 1.81. The Labute approximate surface area is 116 Å². The Morgan fingerprint density at radius 2 is 2.05 bits per heavy atom. The lowest BCUT2D eigenvalue weighted by Crippen LogP contribution is -2.26. The van der Waals surface area contributed by atoms with Crippen LogP contribution in [0.15, 0.2) is 41.9 Å². The average Bonchev–Trinajstić information content (AvgIpc) is 2.52. The van der Waals surface area contributed by atoms with Crippen molar-refractivity contribution in [3.8, 4) is 0 Å². The SMILES string of the molecule is CN(CCc1ccncc1)c1nnccc1/C(N)=N/O. The third kappa shape index (κ3) is 3.19. The molecule has 0 fully saturated rings. The summed E-state index contributed by atoms with van der Waals surface area (Å²) in [6.07, 6.45) is 5.87. The summed E-state index contributed by atoms with van der Waals surface area (Å²) in [7, 11) is 1.89. The van der Waals surface area contributed by atoms with E-state index in [1.54, 1.807) is 18.5 Å². The summed E-state index contributed by atoms with van der Waals surface area (Å²) >= 11 is 0. The Morgan fingerprint density at radius 3 is 2.75 bits per heavy atom. The zero-order valence-electron chi connectivity index (χ0n) is 11.1. The minimum Gasteiger partial charge on any atom is -0.409 e. The molecule has 2 aromatic heterocycles. The molecule has 0 saturated heterocycles. The van der Waals surface area contributed by atoms with Crippen LogP contribution in [0, 0.1) is 0 Å². The number of anilines is 1. The predicted molar refractivity (Wildman–Crippen MR) is 75.8 cm³/mol. The minimum absolute atomic E-state index is 0.0191. The quantitative estimate of drug-likeness (QED) is 0.358. The van der Waals surface area contributed by atoms with Gasteiger partial charge in [0.15, 0.2) is 11.7 Å². The molecule has 0 spiro atoms. The molecule has 0 atom stereocenters. The number of hydrogen-bond acceptors (Lipinski definition) is 6. The van der Waals surface area contributed by atoms with Crippen molar-refractivity contribution in [2.24, 2.45) is 10.9 Å². The van der Waals surface area contributed by atoms with Gasteiger partial charge in [-0.15, -0.1) is 5.10 Å². The number of aromatic nitrogens is 3. The van der Waals surface area contributed by atoms with Gasteiger partial charge < -0.3 is 15.8 Å². The van der Waals surface area contributed by atoms with Gasteiger partial charge >= 0.3 is 0 Å². The summed E-state index contributed by atoms with van der Waals surface area (Å²) in [6.45, 7) is 0.731. The molecule has 7 heteroatoms. The lowest BCUT2D eigenvalue weighted by atomic mass is 10.2. The number of rotatable bonds is 5. The Hall–Kier alpha value is -2.70. The number of nitrogens with two attached hydrogens (primary N) is 1. The van der Waals surface area contributed by atoms with Gasteiger partial charge in [0.05, 0.1) is 11.8 Å². The summed E-state index contributed by atoms with van der Waals surface area (Å²) in [5.74, 6) is 0.600. The van der Waals surface area contributed by atoms with Gasteiger partial charge in [0.25, 0.3) is 0 Å². The number of pyridine rings is 1. The monoisotopic (exact) mass is 272 g/mol. The van der Waals surface area contributed by atoms with Crippen molar-refractivity contribution < 1.29 is 5.21 Å². The zero-order valence-corrected chi connectivity index (χ0v) is 11.1. The van der Waals surface area contributed by atoms with Gasteiger partial charge in [0.1, 0.15) is 0 Å². The highest BCUT2D eigenvalue weighted by Gasteiger charge is 2.12. The van der Waals surface area contributed by atoms with E-state index in [0.717, 1.165) is 13.0 Å². The van der Waals surface area contributed by atoms with Crippen LogP contribution >= 0.6 is 0 Å². The summed E-state index contributed by atoms with van der Waals surface area (Å²) < 4.78 is 0. The van der Waals surface area contributed by atoms with Crippen molar-refractivity contribution >= 4 is 11.7 Å². The van der Waals surface area contributed by atoms with Crippen molar-refractivity contribution in [3.05, 3.63) is 47.9 Å². The van der Waals surface area contributed by atoms with Gasteiger partial charge in [-0.1, -0.05) is 5.16 Å². The van der Waals surface area contributed by atoms with Crippen molar-refractivity contribution in [1.82, 2.24) is 15.2 Å². The van der Waals surface area contributed by atoms with Crippen LogP contribution in [-0.2, 0) is 6.42 Å². The third-order valence-corrected chi connectivity index (χ3v) is 2.93. The van der Waals surface area contributed by atoms with E-state index in [4.69, 9.17) is 10.9 Å². The standard InChI is InChI=1S/C13H16N6O/c1-19(9-5-10-2-6-15-7-3-10)13-11(12(14)18-20)4-8-16-17-13/h2-4,6-8,20H,5,9H2,1H3,(H2,14,18). The Bertz CT molecular complexity index is 586. The maximum atomic E-state index is 8.79. The number of nitrogens with zero attached hydrogens (tertiary/aromatic N) is 5. The van der Waals surface area contributed by atoms with E-state index in [-0.39, 0.29) is 5.84 Å². The van der Waals surface area contributed by atoms with Gasteiger partial charge in [0, 0.05) is 26.0 Å². The van der Waals surface area contributed by atoms with Crippen molar-refractivity contribution in [3.63, 3.8) is 0 Å². The average molecular weight is 272 g/mol. The highest BCUT2D eigenvalue weighted by Crippen LogP contribution is 2.14. The number of amidine groups is 1. The molecular weight excluding hydrogens is 256 g/mol. The molecule has 0 radical (unpaired) electrons. The first-order valence-corrected chi connectivity index (χ1v) is 6.12. The van der Waals surface area contributed by atoms with E-state index in [1.807, 2.05) is 24.1 Å². The number of likely N-dealkylation sites (N-methyl/N-ethyl adjacent to an activating group) is 1. The Morgan fingerprint density at radius 1 is 1.30 bits per heavy atom. The van der Waals surface area contributed by atoms with Crippen LogP contribution in [0.3, 0.4) is 0 Å². The summed E-state index contributed by atoms with van der Waals surface area (Å²) in [5.41, 5.74) is 7.37.